The molecule has 1 unspecified atom stereocenters. The van der Waals surface area contributed by atoms with E-state index in [1.807, 2.05) is 14.1 Å². The Labute approximate surface area is 179 Å². The maximum absolute atomic E-state index is 13.4. The molecule has 1 fully saturated rings. The summed E-state index contributed by atoms with van der Waals surface area (Å²) in [4.78, 5) is 29.4. The molecule has 0 saturated heterocycles. The molecule has 8 heteroatoms. The normalized spacial score (nSPS) is 16.8. The third-order valence-electron chi connectivity index (χ3n) is 5.83. The molecular weight excluding hydrogens is 388 g/mol. The molecular formula is C21H36N4O3S. The molecule has 1 aliphatic carbocycles. The molecule has 1 aromatic rings. The van der Waals surface area contributed by atoms with E-state index in [9.17, 15) is 9.59 Å². The van der Waals surface area contributed by atoms with E-state index in [4.69, 9.17) is 4.42 Å². The first-order valence-corrected chi connectivity index (χ1v) is 11.9. The average molecular weight is 425 g/mol. The van der Waals surface area contributed by atoms with Crippen LogP contribution in [0, 0.1) is 5.92 Å². The van der Waals surface area contributed by atoms with Gasteiger partial charge in [0.1, 0.15) is 6.04 Å². The fourth-order valence-electron chi connectivity index (χ4n) is 4.07. The quantitative estimate of drug-likeness (QED) is 0.218. The Balaban J connectivity index is 2.20. The molecule has 1 aromatic heterocycles. The number of carbonyl (C=O) groups excluding carboxylic acids is 2. The largest absolute Gasteiger partial charge is 0.408 e. The van der Waals surface area contributed by atoms with Crippen molar-refractivity contribution in [1.29, 1.82) is 0 Å². The second kappa shape index (κ2) is 12.3. The van der Waals surface area contributed by atoms with Crippen LogP contribution in [0.1, 0.15) is 75.9 Å². The smallest absolute Gasteiger partial charge is 0.286 e. The van der Waals surface area contributed by atoms with Gasteiger partial charge in [-0.15, -0.1) is 10.2 Å². The van der Waals surface area contributed by atoms with Crippen LogP contribution in [0.2, 0.25) is 0 Å². The van der Waals surface area contributed by atoms with Gasteiger partial charge in [-0.25, -0.2) is 0 Å². The zero-order valence-electron chi connectivity index (χ0n) is 18.3. The van der Waals surface area contributed by atoms with Gasteiger partial charge in [-0.1, -0.05) is 64.1 Å². The molecule has 1 heterocycles. The van der Waals surface area contributed by atoms with Crippen LogP contribution in [0.3, 0.4) is 0 Å². The van der Waals surface area contributed by atoms with Gasteiger partial charge in [0, 0.05) is 18.3 Å². The van der Waals surface area contributed by atoms with E-state index in [1.54, 1.807) is 4.90 Å². The lowest BCUT2D eigenvalue weighted by atomic mass is 9.88. The highest BCUT2D eigenvalue weighted by atomic mass is 32.2. The minimum absolute atomic E-state index is 0.0229. The average Bonchev–Trinajstić information content (AvgIpc) is 3.01. The molecule has 164 valence electrons. The summed E-state index contributed by atoms with van der Waals surface area (Å²) in [6.07, 6.45) is 9.04. The van der Waals surface area contributed by atoms with Crippen LogP contribution in [0.4, 0.5) is 0 Å². The van der Waals surface area contributed by atoms with Crippen molar-refractivity contribution >= 4 is 24.0 Å². The molecule has 2 rings (SSSR count). The van der Waals surface area contributed by atoms with Gasteiger partial charge in [0.25, 0.3) is 11.1 Å². The third kappa shape index (κ3) is 6.81. The fraction of sp³-hybridized carbons (Fsp3) is 0.810. The number of amides is 1. The van der Waals surface area contributed by atoms with E-state index < -0.39 is 6.04 Å². The Kier molecular flexibility index (Phi) is 10.1. The molecule has 1 saturated carbocycles. The minimum Gasteiger partial charge on any atom is -0.408 e. The second-order valence-electron chi connectivity index (χ2n) is 8.11. The van der Waals surface area contributed by atoms with Gasteiger partial charge in [-0.05, 0) is 32.9 Å². The number of hydrogen-bond acceptors (Lipinski definition) is 7. The van der Waals surface area contributed by atoms with E-state index in [0.717, 1.165) is 57.2 Å². The number of Topliss-reactive ketones (excluding diaryl/α,β-unsaturated/α-hetero) is 1. The van der Waals surface area contributed by atoms with Gasteiger partial charge < -0.3 is 14.2 Å². The van der Waals surface area contributed by atoms with E-state index >= 15 is 0 Å². The molecule has 0 radical (unpaired) electrons. The maximum atomic E-state index is 13.4. The van der Waals surface area contributed by atoms with Gasteiger partial charge in [0.15, 0.2) is 0 Å². The summed E-state index contributed by atoms with van der Waals surface area (Å²) >= 11 is 1.45. The number of hydrogen-bond donors (Lipinski definition) is 0. The van der Waals surface area contributed by atoms with Crippen molar-refractivity contribution in [3.05, 3.63) is 5.89 Å². The van der Waals surface area contributed by atoms with Crippen molar-refractivity contribution in [2.24, 2.45) is 5.92 Å². The van der Waals surface area contributed by atoms with Crippen molar-refractivity contribution in [3.8, 4) is 0 Å². The molecule has 1 amide bonds. The molecule has 0 bridgehead atoms. The molecule has 0 N–H and O–H groups in total. The topological polar surface area (TPSA) is 79.5 Å². The Morgan fingerprint density at radius 2 is 1.83 bits per heavy atom. The number of carbonyl (C=O) groups is 2. The van der Waals surface area contributed by atoms with Crippen LogP contribution < -0.4 is 0 Å². The molecule has 0 aromatic carbocycles. The van der Waals surface area contributed by atoms with Gasteiger partial charge in [-0.2, -0.15) is 0 Å². The fourth-order valence-corrected chi connectivity index (χ4v) is 4.94. The maximum Gasteiger partial charge on any atom is 0.286 e. The Morgan fingerprint density at radius 3 is 2.38 bits per heavy atom. The van der Waals surface area contributed by atoms with Crippen molar-refractivity contribution in [3.63, 3.8) is 0 Å². The van der Waals surface area contributed by atoms with Crippen molar-refractivity contribution in [2.75, 3.05) is 26.4 Å². The molecule has 1 aliphatic rings. The highest BCUT2D eigenvalue weighted by Gasteiger charge is 2.38. The zero-order valence-corrected chi connectivity index (χ0v) is 19.1. The highest BCUT2D eigenvalue weighted by Crippen LogP contribution is 2.29. The lowest BCUT2D eigenvalue weighted by Crippen LogP contribution is -2.50. The van der Waals surface area contributed by atoms with Crippen molar-refractivity contribution in [2.45, 2.75) is 82.5 Å². The van der Waals surface area contributed by atoms with Gasteiger partial charge >= 0.3 is 0 Å². The first-order valence-electron chi connectivity index (χ1n) is 10.9. The molecule has 0 aliphatic heterocycles. The molecule has 1 atom stereocenters. The van der Waals surface area contributed by atoms with E-state index in [-0.39, 0.29) is 23.6 Å². The van der Waals surface area contributed by atoms with Crippen LogP contribution in [-0.4, -0.2) is 70.7 Å². The Morgan fingerprint density at radius 1 is 1.17 bits per heavy atom. The molecule has 7 nitrogen and oxygen atoms in total. The monoisotopic (exact) mass is 424 g/mol. The summed E-state index contributed by atoms with van der Waals surface area (Å²) in [5.41, 5.74) is 0. The standard InChI is InChI=1S/C21H36N4O3S/c1-5-16(6-2)18(25(15-26)17-11-9-7-8-10-12-17)19(27)20-22-23-21(28-20)29-14-13-24(3)4/h15-18H,5-14H2,1-4H3. The van der Waals surface area contributed by atoms with Crippen LogP contribution in [-0.2, 0) is 4.79 Å². The lowest BCUT2D eigenvalue weighted by molar-refractivity contribution is -0.123. The highest BCUT2D eigenvalue weighted by molar-refractivity contribution is 7.99. The first-order chi connectivity index (χ1) is 14.0. The van der Waals surface area contributed by atoms with Crippen LogP contribution in [0.15, 0.2) is 9.64 Å². The van der Waals surface area contributed by atoms with Crippen molar-refractivity contribution in [1.82, 2.24) is 20.0 Å². The Bertz CT molecular complexity index is 625. The summed E-state index contributed by atoms with van der Waals surface area (Å²) < 4.78 is 5.68. The van der Waals surface area contributed by atoms with E-state index in [1.165, 1.54) is 24.6 Å². The molecule has 29 heavy (non-hydrogen) atoms. The van der Waals surface area contributed by atoms with Gasteiger partial charge in [0.2, 0.25) is 12.2 Å². The number of nitrogens with zero attached hydrogens (tertiary/aromatic N) is 4. The zero-order chi connectivity index (χ0) is 21.2. The predicted octanol–water partition coefficient (Wildman–Crippen LogP) is 3.89. The summed E-state index contributed by atoms with van der Waals surface area (Å²) in [7, 11) is 4.01. The Hall–Kier alpha value is -1.41. The lowest BCUT2D eigenvalue weighted by Gasteiger charge is -2.37. The SMILES string of the molecule is CCC(CC)C(C(=O)c1nnc(SCCN(C)C)o1)N(C=O)C1CCCCCC1. The van der Waals surface area contributed by atoms with Gasteiger partial charge in [0.05, 0.1) is 0 Å². The number of aromatic nitrogens is 2. The van der Waals surface area contributed by atoms with E-state index in [0.29, 0.717) is 5.22 Å². The minimum atomic E-state index is -0.536. The van der Waals surface area contributed by atoms with Crippen LogP contribution >= 0.6 is 11.8 Å². The van der Waals surface area contributed by atoms with Crippen LogP contribution in [0.25, 0.3) is 0 Å². The predicted molar refractivity (Wildman–Crippen MR) is 115 cm³/mol. The van der Waals surface area contributed by atoms with Gasteiger partial charge in [-0.3, -0.25) is 9.59 Å². The molecule has 0 spiro atoms. The third-order valence-corrected chi connectivity index (χ3v) is 6.63. The number of rotatable bonds is 12. The van der Waals surface area contributed by atoms with E-state index in [2.05, 4.69) is 28.9 Å². The number of thioether (sulfide) groups is 1. The summed E-state index contributed by atoms with van der Waals surface area (Å²) in [6.45, 7) is 5.02. The summed E-state index contributed by atoms with van der Waals surface area (Å²) in [5, 5.41) is 8.47. The number of ketones is 1. The summed E-state index contributed by atoms with van der Waals surface area (Å²) in [6, 6.07) is -0.424. The second-order valence-corrected chi connectivity index (χ2v) is 9.15. The van der Waals surface area contributed by atoms with Crippen molar-refractivity contribution < 1.29 is 14.0 Å². The summed E-state index contributed by atoms with van der Waals surface area (Å²) in [5.74, 6) is 0.686. The van der Waals surface area contributed by atoms with Crippen LogP contribution in [0.5, 0.6) is 0 Å². The first kappa shape index (κ1) is 23.9.